The monoisotopic (exact) mass is 306 g/mol. The Morgan fingerprint density at radius 2 is 1.50 bits per heavy atom. The minimum Gasteiger partial charge on any atom is -0.462 e. The lowest BCUT2D eigenvalue weighted by Gasteiger charge is -2.17. The molecule has 0 aliphatic rings. The highest BCUT2D eigenvalue weighted by Crippen LogP contribution is 2.15. The number of benzene rings is 1. The van der Waals surface area contributed by atoms with Crippen LogP contribution < -0.4 is 0 Å². The number of carbonyl (C=O) groups excluding carboxylic acids is 2. The Labute approximate surface area is 132 Å². The van der Waals surface area contributed by atoms with Gasteiger partial charge in [-0.05, 0) is 44.0 Å². The number of esters is 2. The molecule has 1 aromatic carbocycles. The molecule has 0 aromatic heterocycles. The van der Waals surface area contributed by atoms with Crippen LogP contribution in [0, 0.1) is 0 Å². The molecule has 0 radical (unpaired) electrons. The molecule has 122 valence electrons. The summed E-state index contributed by atoms with van der Waals surface area (Å²) < 4.78 is 10.5. The van der Waals surface area contributed by atoms with E-state index >= 15 is 0 Å². The third-order valence-corrected chi connectivity index (χ3v) is 3.40. The number of hydrogen-bond donors (Lipinski definition) is 0. The van der Waals surface area contributed by atoms with E-state index in [0.717, 1.165) is 32.1 Å². The molecule has 4 nitrogen and oxygen atoms in total. The van der Waals surface area contributed by atoms with Gasteiger partial charge >= 0.3 is 11.9 Å². The third-order valence-electron chi connectivity index (χ3n) is 3.40. The van der Waals surface area contributed by atoms with E-state index in [1.54, 1.807) is 31.2 Å². The van der Waals surface area contributed by atoms with Crippen LogP contribution in [0.1, 0.15) is 73.6 Å². The van der Waals surface area contributed by atoms with Gasteiger partial charge in [-0.15, -0.1) is 0 Å². The summed E-state index contributed by atoms with van der Waals surface area (Å²) in [6.07, 6.45) is 4.89. The van der Waals surface area contributed by atoms with Crippen molar-refractivity contribution in [1.82, 2.24) is 0 Å². The van der Waals surface area contributed by atoms with Gasteiger partial charge in [-0.2, -0.15) is 0 Å². The van der Waals surface area contributed by atoms with Gasteiger partial charge in [0.05, 0.1) is 17.7 Å². The van der Waals surface area contributed by atoms with Crippen LogP contribution in [0.15, 0.2) is 24.3 Å². The maximum Gasteiger partial charge on any atom is 0.338 e. The first kappa shape index (κ1) is 18.2. The second kappa shape index (κ2) is 9.98. The van der Waals surface area contributed by atoms with Gasteiger partial charge in [-0.25, -0.2) is 9.59 Å². The number of ether oxygens (including phenoxy) is 2. The fraction of sp³-hybridized carbons (Fsp3) is 0.556. The Hall–Kier alpha value is -1.84. The van der Waals surface area contributed by atoms with Gasteiger partial charge in [0.15, 0.2) is 0 Å². The molecule has 22 heavy (non-hydrogen) atoms. The molecule has 1 unspecified atom stereocenters. The van der Waals surface area contributed by atoms with Gasteiger partial charge < -0.3 is 9.47 Å². The molecule has 0 aliphatic carbocycles. The molecule has 1 aromatic rings. The standard InChI is InChI=1S/C18H26O4/c1-4-7-9-16(8-5-2)22-18(20)15-12-10-14(11-13-15)17(19)21-6-3/h10-13,16H,4-9H2,1-3H3. The maximum absolute atomic E-state index is 12.2. The van der Waals surface area contributed by atoms with Gasteiger partial charge in [0.2, 0.25) is 0 Å². The molecular weight excluding hydrogens is 280 g/mol. The second-order valence-corrected chi connectivity index (χ2v) is 5.26. The third kappa shape index (κ3) is 5.88. The number of carbonyl (C=O) groups is 2. The molecule has 0 N–H and O–H groups in total. The highest BCUT2D eigenvalue weighted by atomic mass is 16.5. The van der Waals surface area contributed by atoms with E-state index in [9.17, 15) is 9.59 Å². The quantitative estimate of drug-likeness (QED) is 0.635. The SMILES string of the molecule is CCCCC(CCC)OC(=O)c1ccc(C(=O)OCC)cc1. The Kier molecular flexibility index (Phi) is 8.26. The minimum absolute atomic E-state index is 0.0258. The molecule has 1 atom stereocenters. The van der Waals surface area contributed by atoms with E-state index in [2.05, 4.69) is 13.8 Å². The molecule has 0 saturated heterocycles. The number of rotatable bonds is 9. The molecule has 0 saturated carbocycles. The lowest BCUT2D eigenvalue weighted by molar-refractivity contribution is 0.0254. The van der Waals surface area contributed by atoms with Gasteiger partial charge in [0, 0.05) is 0 Å². The molecule has 0 aliphatic heterocycles. The Morgan fingerprint density at radius 1 is 0.909 bits per heavy atom. The Bertz CT molecular complexity index is 464. The van der Waals surface area contributed by atoms with Crippen molar-refractivity contribution in [2.75, 3.05) is 6.61 Å². The van der Waals surface area contributed by atoms with Crippen molar-refractivity contribution < 1.29 is 19.1 Å². The average Bonchev–Trinajstić information content (AvgIpc) is 2.53. The van der Waals surface area contributed by atoms with Crippen LogP contribution in [-0.4, -0.2) is 24.6 Å². The molecule has 1 rings (SSSR count). The van der Waals surface area contributed by atoms with Crippen molar-refractivity contribution in [2.45, 2.75) is 59.0 Å². The zero-order valence-electron chi connectivity index (χ0n) is 13.8. The molecule has 0 heterocycles. The predicted octanol–water partition coefficient (Wildman–Crippen LogP) is 4.38. The normalized spacial score (nSPS) is 11.8. The summed E-state index contributed by atoms with van der Waals surface area (Å²) in [5, 5.41) is 0. The number of hydrogen-bond acceptors (Lipinski definition) is 4. The van der Waals surface area contributed by atoms with Crippen molar-refractivity contribution in [3.63, 3.8) is 0 Å². The zero-order chi connectivity index (χ0) is 16.4. The van der Waals surface area contributed by atoms with Crippen LogP contribution in [0.5, 0.6) is 0 Å². The lowest BCUT2D eigenvalue weighted by Crippen LogP contribution is -2.18. The molecule has 4 heteroatoms. The summed E-state index contributed by atoms with van der Waals surface area (Å²) >= 11 is 0. The van der Waals surface area contributed by atoms with Crippen LogP contribution in [0.25, 0.3) is 0 Å². The molecule has 0 fully saturated rings. The Morgan fingerprint density at radius 3 is 2.00 bits per heavy atom. The van der Waals surface area contributed by atoms with Gasteiger partial charge in [0.1, 0.15) is 6.10 Å². The fourth-order valence-corrected chi connectivity index (χ4v) is 2.19. The first-order valence-electron chi connectivity index (χ1n) is 8.10. The average molecular weight is 306 g/mol. The van der Waals surface area contributed by atoms with E-state index in [1.165, 1.54) is 0 Å². The molecule has 0 bridgehead atoms. The van der Waals surface area contributed by atoms with Crippen molar-refractivity contribution in [3.05, 3.63) is 35.4 Å². The molecular formula is C18H26O4. The highest BCUT2D eigenvalue weighted by molar-refractivity contribution is 5.93. The van der Waals surface area contributed by atoms with Gasteiger partial charge in [0.25, 0.3) is 0 Å². The summed E-state index contributed by atoms with van der Waals surface area (Å²) in [5.41, 5.74) is 0.903. The van der Waals surface area contributed by atoms with Crippen molar-refractivity contribution >= 4 is 11.9 Å². The predicted molar refractivity (Wildman–Crippen MR) is 86.0 cm³/mol. The number of unbranched alkanes of at least 4 members (excludes halogenated alkanes) is 1. The highest BCUT2D eigenvalue weighted by Gasteiger charge is 2.16. The van der Waals surface area contributed by atoms with E-state index in [1.807, 2.05) is 0 Å². The van der Waals surface area contributed by atoms with Crippen molar-refractivity contribution in [2.24, 2.45) is 0 Å². The van der Waals surface area contributed by atoms with Crippen molar-refractivity contribution in [1.29, 1.82) is 0 Å². The fourth-order valence-electron chi connectivity index (χ4n) is 2.19. The second-order valence-electron chi connectivity index (χ2n) is 5.26. The first-order valence-corrected chi connectivity index (χ1v) is 8.10. The lowest BCUT2D eigenvalue weighted by atomic mass is 10.1. The van der Waals surface area contributed by atoms with E-state index in [4.69, 9.17) is 9.47 Å². The summed E-state index contributed by atoms with van der Waals surface area (Å²) in [7, 11) is 0. The van der Waals surface area contributed by atoms with Crippen LogP contribution in [0.4, 0.5) is 0 Å². The Balaban J connectivity index is 2.65. The topological polar surface area (TPSA) is 52.6 Å². The summed E-state index contributed by atoms with van der Waals surface area (Å²) in [6.45, 7) is 6.30. The van der Waals surface area contributed by atoms with Crippen LogP contribution in [0.3, 0.4) is 0 Å². The van der Waals surface area contributed by atoms with Crippen LogP contribution in [-0.2, 0) is 9.47 Å². The zero-order valence-corrected chi connectivity index (χ0v) is 13.8. The molecule has 0 spiro atoms. The maximum atomic E-state index is 12.2. The van der Waals surface area contributed by atoms with Gasteiger partial charge in [-0.3, -0.25) is 0 Å². The van der Waals surface area contributed by atoms with Gasteiger partial charge in [-0.1, -0.05) is 33.1 Å². The van der Waals surface area contributed by atoms with E-state index < -0.39 is 0 Å². The van der Waals surface area contributed by atoms with E-state index in [0.29, 0.717) is 17.7 Å². The first-order chi connectivity index (χ1) is 10.6. The van der Waals surface area contributed by atoms with Crippen molar-refractivity contribution in [3.8, 4) is 0 Å². The molecule has 0 amide bonds. The van der Waals surface area contributed by atoms with Crippen LogP contribution >= 0.6 is 0 Å². The smallest absolute Gasteiger partial charge is 0.338 e. The van der Waals surface area contributed by atoms with E-state index in [-0.39, 0.29) is 18.0 Å². The van der Waals surface area contributed by atoms with Crippen LogP contribution in [0.2, 0.25) is 0 Å². The summed E-state index contributed by atoms with van der Waals surface area (Å²) in [5.74, 6) is -0.709. The largest absolute Gasteiger partial charge is 0.462 e. The summed E-state index contributed by atoms with van der Waals surface area (Å²) in [4.78, 5) is 23.7. The minimum atomic E-state index is -0.380. The summed E-state index contributed by atoms with van der Waals surface area (Å²) in [6, 6.07) is 6.40.